The molecule has 24 heteroatoms. The van der Waals surface area contributed by atoms with Gasteiger partial charge in [0.1, 0.15) is 11.6 Å². The zero-order chi connectivity index (χ0) is 87.0. The molecule has 6 saturated heterocycles. The molecule has 672 valence electrons. The predicted octanol–water partition coefficient (Wildman–Crippen LogP) is 19.6. The number of rotatable bonds is 51. The number of Topliss-reactive ketones (excluding diaryl/α,β-unsaturated/α-hetero) is 2. The fourth-order valence-corrected chi connectivity index (χ4v) is 17.0. The van der Waals surface area contributed by atoms with Gasteiger partial charge in [0, 0.05) is 100 Å². The maximum Gasteiger partial charge on any atom is 0.225 e. The normalized spacial score (nSPS) is 28.2. The van der Waals surface area contributed by atoms with E-state index in [4.69, 9.17) is 39.5 Å². The highest BCUT2D eigenvalue weighted by atomic mass is 16.7. The van der Waals surface area contributed by atoms with Gasteiger partial charge in [0.15, 0.2) is 23.1 Å². The van der Waals surface area contributed by atoms with Crippen LogP contribution in [0.4, 0.5) is 0 Å². The Kier molecular flexibility index (Phi) is 52.1. The van der Waals surface area contributed by atoms with Crippen LogP contribution < -0.4 is 10.6 Å². The molecule has 0 saturated carbocycles. The van der Waals surface area contributed by atoms with Crippen molar-refractivity contribution in [1.29, 1.82) is 0 Å². The van der Waals surface area contributed by atoms with Gasteiger partial charge in [-0.25, -0.2) is 0 Å². The van der Waals surface area contributed by atoms with Gasteiger partial charge in [-0.2, -0.15) is 0 Å². The van der Waals surface area contributed by atoms with Crippen LogP contribution in [0.2, 0.25) is 0 Å². The van der Waals surface area contributed by atoms with E-state index in [1.807, 2.05) is 32.9 Å². The van der Waals surface area contributed by atoms with Crippen molar-refractivity contribution >= 4 is 34.9 Å². The van der Waals surface area contributed by atoms with Gasteiger partial charge >= 0.3 is 0 Å². The number of nitrogens with zero attached hydrogens (tertiary/aromatic N) is 6. The molecule has 118 heavy (non-hydrogen) atoms. The van der Waals surface area contributed by atoms with Gasteiger partial charge in [-0.05, 0) is 271 Å². The van der Waals surface area contributed by atoms with Crippen LogP contribution in [0.1, 0.15) is 340 Å². The number of unbranched alkanes of at least 4 members (excludes halogenated alkanes) is 7. The lowest BCUT2D eigenvalue weighted by Gasteiger charge is -2.48. The SMILES string of the molecule is C/C(=C\[C@@H](C)CC[C@@H]1CCC[C@]2(CCC(C)[C@@H](CCCNC(=O)[C@@H](C)[C@@H](O)CCC(=O)CC3O[C@H](CC(=O)/C=C/CCCCN=[N+]=[N-])CCC3C)O2)O1)[C@H](C)O.C/C=C/C(=O)C[C@@H]1CCC(C)C(CC(=O)CC[C@H](O)[C@H](C)C(=O)NCCC[C@H]2O[C@@]3(CCC[C@@H](CC[C@H](C)/C=C(\C)C(C)O)O3)CCC2C)O1.C=CCCCCCCCN=[N+]=[N-]. The van der Waals surface area contributed by atoms with E-state index in [-0.39, 0.29) is 141 Å². The smallest absolute Gasteiger partial charge is 0.225 e. The second-order valence-electron chi connectivity index (χ2n) is 36.0. The Morgan fingerprint density at radius 2 is 0.890 bits per heavy atom. The zero-order valence-corrected chi connectivity index (χ0v) is 75.1. The van der Waals surface area contributed by atoms with Gasteiger partial charge in [0.2, 0.25) is 11.8 Å². The highest BCUT2D eigenvalue weighted by molar-refractivity contribution is 5.90. The van der Waals surface area contributed by atoms with Gasteiger partial charge in [-0.3, -0.25) is 28.8 Å². The Bertz CT molecular complexity index is 3170. The number of hydrogen-bond donors (Lipinski definition) is 6. The Morgan fingerprint density at radius 3 is 1.31 bits per heavy atom. The molecule has 2 amide bonds. The van der Waals surface area contributed by atoms with Crippen LogP contribution >= 0.6 is 0 Å². The number of aliphatic hydroxyl groups is 4. The topological polar surface area (TPSA) is 360 Å². The Morgan fingerprint density at radius 1 is 0.483 bits per heavy atom. The van der Waals surface area contributed by atoms with Crippen molar-refractivity contribution < 1.29 is 77.6 Å². The lowest BCUT2D eigenvalue weighted by atomic mass is 9.85. The van der Waals surface area contributed by atoms with E-state index >= 15 is 0 Å². The Balaban J connectivity index is 0.000000437. The molecule has 6 aliphatic rings. The van der Waals surface area contributed by atoms with E-state index < -0.39 is 47.8 Å². The summed E-state index contributed by atoms with van der Waals surface area (Å²) in [6, 6.07) is 0. The van der Waals surface area contributed by atoms with Gasteiger partial charge in [0.05, 0.1) is 85.1 Å². The molecule has 0 aromatic rings. The first kappa shape index (κ1) is 105. The van der Waals surface area contributed by atoms with Gasteiger partial charge in [0.25, 0.3) is 0 Å². The predicted molar refractivity (Wildman–Crippen MR) is 467 cm³/mol. The third kappa shape index (κ3) is 42.1. The van der Waals surface area contributed by atoms with Gasteiger partial charge < -0.3 is 59.5 Å². The third-order valence-corrected chi connectivity index (χ3v) is 25.5. The molecule has 0 bridgehead atoms. The van der Waals surface area contributed by atoms with Crippen LogP contribution in [0.15, 0.2) is 70.5 Å². The number of azide groups is 2. The lowest BCUT2D eigenvalue weighted by molar-refractivity contribution is -0.324. The number of amides is 2. The number of allylic oxidation sites excluding steroid dienone is 7. The summed E-state index contributed by atoms with van der Waals surface area (Å²) in [4.78, 5) is 81.5. The van der Waals surface area contributed by atoms with E-state index in [1.165, 1.54) is 25.7 Å². The van der Waals surface area contributed by atoms with Crippen molar-refractivity contribution in [3.05, 3.63) is 81.1 Å². The molecule has 6 fully saturated rings. The summed E-state index contributed by atoms with van der Waals surface area (Å²) >= 11 is 0. The van der Waals surface area contributed by atoms with Crippen molar-refractivity contribution in [2.24, 2.45) is 57.6 Å². The second-order valence-corrected chi connectivity index (χ2v) is 36.0. The first-order valence-corrected chi connectivity index (χ1v) is 46.0. The van der Waals surface area contributed by atoms with Gasteiger partial charge in [-0.1, -0.05) is 115 Å². The van der Waals surface area contributed by atoms with Crippen molar-refractivity contribution in [2.45, 2.75) is 425 Å². The minimum Gasteiger partial charge on any atom is -0.392 e. The number of hydrogen-bond acceptors (Lipinski definition) is 18. The number of carbonyl (C=O) groups is 6. The number of aliphatic hydroxyl groups excluding tert-OH is 4. The second kappa shape index (κ2) is 58.6. The molecule has 6 N–H and O–H groups in total. The van der Waals surface area contributed by atoms with E-state index in [9.17, 15) is 49.2 Å². The lowest BCUT2D eigenvalue weighted by Crippen LogP contribution is -2.50. The average molecular weight is 1660 g/mol. The van der Waals surface area contributed by atoms with Gasteiger partial charge in [-0.15, -0.1) is 6.58 Å². The number of carbonyl (C=O) groups excluding carboxylic acids is 6. The molecular formula is C94H160N8O16. The summed E-state index contributed by atoms with van der Waals surface area (Å²) in [6.07, 6.45) is 41.9. The molecule has 6 rings (SSSR count). The summed E-state index contributed by atoms with van der Waals surface area (Å²) in [5.74, 6) is -0.663. The Labute approximate surface area is 709 Å². The standard InChI is InChI=1S/C44H74N4O8.C41H69NO8.C9H17N3/c1-30(27-33(4)35(6)49)16-19-38-14-11-23-44(55-38)24-22-32(3)41(56-44)15-12-25-46-43(53)34(5)40(52)21-18-37(51)29-42-31(2)17-20-39(54-42)28-36(50)13-9-7-8-10-26-47-48-45;1-8-11-33(44)25-36-18-15-28(3)39(48-36)26-34(45)16-19-37(46)31(6)40(47)42-23-10-13-38-29(4)20-22-41(50-38)21-9-12-35(49-41)17-14-27(2)24-30(5)32(7)43;1-2-3-4-5-6-7-8-9-11-12-10/h9,13,27,30-32,34-35,38-42,49,52H,7-8,10-12,14-26,28-29H2,1-6H3,(H,46,53);8,11,24,27-29,31-32,35-39,43,46H,9-10,12-23,25-26H2,1-7H3,(H,42,47);2H,1,3-9H2/b13-9+,33-27+;11-8+,30-24+;/t30-,31?,32?,34-,35-,38-,39-,40-,41+,42?,44-;27-,28?,29?,31-,32?,35-,36-,37-,38+,39?,41-;/m00./s1. The molecule has 0 aromatic heterocycles. The van der Waals surface area contributed by atoms with Crippen LogP contribution in [0.3, 0.4) is 0 Å². The largest absolute Gasteiger partial charge is 0.392 e. The zero-order valence-electron chi connectivity index (χ0n) is 75.1. The van der Waals surface area contributed by atoms with Crippen LogP contribution in [0.5, 0.6) is 0 Å². The molecule has 0 radical (unpaired) electrons. The number of ketones is 4. The summed E-state index contributed by atoms with van der Waals surface area (Å²) in [5, 5.41) is 54.1. The van der Waals surface area contributed by atoms with Crippen LogP contribution in [-0.2, 0) is 57.2 Å². The molecular weight excluding hydrogens is 1500 g/mol. The molecule has 6 aliphatic heterocycles. The molecule has 6 heterocycles. The number of nitrogens with one attached hydrogen (secondary N) is 2. The maximum absolute atomic E-state index is 13.0. The summed E-state index contributed by atoms with van der Waals surface area (Å²) in [5.41, 5.74) is 18.3. The molecule has 0 aromatic carbocycles. The minimum atomic E-state index is -0.931. The summed E-state index contributed by atoms with van der Waals surface area (Å²) in [6.45, 7) is 31.6. The van der Waals surface area contributed by atoms with Crippen LogP contribution in [0, 0.1) is 47.3 Å². The van der Waals surface area contributed by atoms with Crippen LogP contribution in [-0.4, -0.2) is 166 Å². The average Bonchev–Trinajstić information content (AvgIpc) is 0.797. The molecule has 24 nitrogen and oxygen atoms in total. The fourth-order valence-electron chi connectivity index (χ4n) is 17.0. The highest BCUT2D eigenvalue weighted by Crippen LogP contribution is 2.45. The summed E-state index contributed by atoms with van der Waals surface area (Å²) in [7, 11) is 0. The fraction of sp³-hybridized carbons (Fsp3) is 0.830. The van der Waals surface area contributed by atoms with Crippen molar-refractivity contribution in [1.82, 2.24) is 10.6 Å². The summed E-state index contributed by atoms with van der Waals surface area (Å²) < 4.78 is 39.2. The molecule has 7 unspecified atom stereocenters. The molecule has 22 atom stereocenters. The van der Waals surface area contributed by atoms with E-state index in [0.717, 1.165) is 185 Å². The minimum absolute atomic E-state index is 0.00328. The number of ether oxygens (including phenoxy) is 6. The van der Waals surface area contributed by atoms with E-state index in [2.05, 4.69) is 91.0 Å². The molecule has 0 aliphatic carbocycles. The van der Waals surface area contributed by atoms with Crippen molar-refractivity contribution in [3.63, 3.8) is 0 Å². The van der Waals surface area contributed by atoms with Crippen LogP contribution in [0.25, 0.3) is 20.9 Å². The van der Waals surface area contributed by atoms with Crippen molar-refractivity contribution in [2.75, 3.05) is 26.2 Å². The van der Waals surface area contributed by atoms with E-state index in [0.29, 0.717) is 56.3 Å². The first-order valence-electron chi connectivity index (χ1n) is 46.0. The highest BCUT2D eigenvalue weighted by Gasteiger charge is 2.46. The first-order chi connectivity index (χ1) is 56.3. The quantitative estimate of drug-likeness (QED) is 0.00823. The van der Waals surface area contributed by atoms with E-state index in [1.54, 1.807) is 45.9 Å². The van der Waals surface area contributed by atoms with Crippen molar-refractivity contribution in [3.8, 4) is 0 Å². The maximum atomic E-state index is 13.0. The Hall–Kier alpha value is -5.46. The monoisotopic (exact) mass is 1660 g/mol. The third-order valence-electron chi connectivity index (χ3n) is 25.5. The molecule has 2 spiro atoms.